The van der Waals surface area contributed by atoms with Crippen molar-refractivity contribution in [2.24, 2.45) is 0 Å². The maximum atomic E-state index is 13.5. The van der Waals surface area contributed by atoms with E-state index in [1.807, 2.05) is 0 Å². The topological polar surface area (TPSA) is 146 Å². The molecule has 1 aliphatic heterocycles. The van der Waals surface area contributed by atoms with Gasteiger partial charge in [0.1, 0.15) is 17.7 Å². The summed E-state index contributed by atoms with van der Waals surface area (Å²) in [5, 5.41) is 12.0. The zero-order valence-electron chi connectivity index (χ0n) is 20.9. The molecule has 1 saturated heterocycles. The average Bonchev–Trinajstić information content (AvgIpc) is 3.19. The van der Waals surface area contributed by atoms with Gasteiger partial charge in [0.25, 0.3) is 0 Å². The van der Waals surface area contributed by atoms with Crippen LogP contribution in [0.3, 0.4) is 0 Å². The quantitative estimate of drug-likeness (QED) is 0.275. The smallest absolute Gasteiger partial charge is 0.329 e. The Bertz CT molecular complexity index is 1020. The van der Waals surface area contributed by atoms with Gasteiger partial charge in [-0.1, -0.05) is 6.07 Å². The first-order valence-electron chi connectivity index (χ1n) is 11.6. The third-order valence-electron chi connectivity index (χ3n) is 5.10. The second-order valence-electron chi connectivity index (χ2n) is 9.75. The SMILES string of the molecule is CC(C)OC(=O)CS(=O)(=O)NC(CCc1cccc[n+]1[O-])C(=O)N1CCC[C@H]1C(=O)OC(C)(C)C. The molecular formula is C23H35N3O8S. The highest BCUT2D eigenvalue weighted by atomic mass is 32.2. The van der Waals surface area contributed by atoms with E-state index in [-0.39, 0.29) is 19.4 Å². The monoisotopic (exact) mass is 513 g/mol. The molecule has 0 radical (unpaired) electrons. The van der Waals surface area contributed by atoms with Gasteiger partial charge in [0.2, 0.25) is 15.9 Å². The second kappa shape index (κ2) is 11.8. The van der Waals surface area contributed by atoms with Gasteiger partial charge in [0, 0.05) is 25.1 Å². The Morgan fingerprint density at radius 2 is 1.94 bits per heavy atom. The first-order valence-corrected chi connectivity index (χ1v) is 13.2. The van der Waals surface area contributed by atoms with Crippen molar-refractivity contribution in [2.45, 2.75) is 84.1 Å². The molecule has 0 bridgehead atoms. The minimum Gasteiger partial charge on any atom is -0.619 e. The van der Waals surface area contributed by atoms with Crippen molar-refractivity contribution in [3.63, 3.8) is 0 Å². The van der Waals surface area contributed by atoms with Crippen LogP contribution in [0.5, 0.6) is 0 Å². The Hall–Kier alpha value is -2.73. The van der Waals surface area contributed by atoms with Gasteiger partial charge >= 0.3 is 11.9 Å². The number of nitrogens with one attached hydrogen (secondary N) is 1. The lowest BCUT2D eigenvalue weighted by atomic mass is 10.1. The van der Waals surface area contributed by atoms with Crippen LogP contribution in [0.4, 0.5) is 0 Å². The average molecular weight is 514 g/mol. The van der Waals surface area contributed by atoms with Crippen molar-refractivity contribution in [3.05, 3.63) is 35.3 Å². The number of sulfonamides is 1. The Balaban J connectivity index is 2.24. The molecule has 2 heterocycles. The molecule has 1 aromatic rings. The molecule has 0 aliphatic carbocycles. The van der Waals surface area contributed by atoms with Crippen molar-refractivity contribution in [1.82, 2.24) is 9.62 Å². The van der Waals surface area contributed by atoms with Crippen molar-refractivity contribution >= 4 is 27.9 Å². The second-order valence-corrected chi connectivity index (χ2v) is 11.5. The zero-order valence-corrected chi connectivity index (χ0v) is 21.7. The highest BCUT2D eigenvalue weighted by Crippen LogP contribution is 2.23. The molecule has 0 saturated carbocycles. The summed E-state index contributed by atoms with van der Waals surface area (Å²) in [5.74, 6) is -3.09. The third-order valence-corrected chi connectivity index (χ3v) is 6.36. The zero-order chi connectivity index (χ0) is 26.4. The number of esters is 2. The number of amides is 1. The van der Waals surface area contributed by atoms with Gasteiger partial charge in [0.15, 0.2) is 17.6 Å². The van der Waals surface area contributed by atoms with Gasteiger partial charge in [-0.25, -0.2) is 17.9 Å². The van der Waals surface area contributed by atoms with E-state index in [4.69, 9.17) is 9.47 Å². The van der Waals surface area contributed by atoms with Gasteiger partial charge < -0.3 is 19.6 Å². The number of likely N-dealkylation sites (tertiary alicyclic amines) is 1. The van der Waals surface area contributed by atoms with Crippen molar-refractivity contribution in [2.75, 3.05) is 12.3 Å². The molecule has 1 unspecified atom stereocenters. The van der Waals surface area contributed by atoms with Gasteiger partial charge in [0.05, 0.1) is 6.10 Å². The Morgan fingerprint density at radius 1 is 1.26 bits per heavy atom. The van der Waals surface area contributed by atoms with Gasteiger partial charge in [-0.2, -0.15) is 4.73 Å². The lowest BCUT2D eigenvalue weighted by Gasteiger charge is -2.30. The summed E-state index contributed by atoms with van der Waals surface area (Å²) in [4.78, 5) is 39.4. The van der Waals surface area contributed by atoms with E-state index in [0.29, 0.717) is 23.3 Å². The summed E-state index contributed by atoms with van der Waals surface area (Å²) in [6.45, 7) is 8.59. The largest absolute Gasteiger partial charge is 0.619 e. The fraction of sp³-hybridized carbons (Fsp3) is 0.652. The maximum Gasteiger partial charge on any atom is 0.329 e. The minimum atomic E-state index is -4.25. The summed E-state index contributed by atoms with van der Waals surface area (Å²) < 4.78 is 38.7. The van der Waals surface area contributed by atoms with Crippen molar-refractivity contribution in [1.29, 1.82) is 0 Å². The van der Waals surface area contributed by atoms with Crippen LogP contribution in [0, 0.1) is 5.21 Å². The molecule has 1 amide bonds. The van der Waals surface area contributed by atoms with Crippen LogP contribution < -0.4 is 9.45 Å². The predicted molar refractivity (Wildman–Crippen MR) is 126 cm³/mol. The lowest BCUT2D eigenvalue weighted by molar-refractivity contribution is -0.614. The molecule has 11 nitrogen and oxygen atoms in total. The van der Waals surface area contributed by atoms with E-state index in [0.717, 1.165) is 0 Å². The number of ether oxygens (including phenoxy) is 2. The van der Waals surface area contributed by atoms with E-state index in [9.17, 15) is 28.0 Å². The summed E-state index contributed by atoms with van der Waals surface area (Å²) in [6.07, 6.45) is 1.78. The first-order chi connectivity index (χ1) is 16.2. The van der Waals surface area contributed by atoms with Crippen LogP contribution in [0.2, 0.25) is 0 Å². The van der Waals surface area contributed by atoms with E-state index < -0.39 is 57.4 Å². The predicted octanol–water partition coefficient (Wildman–Crippen LogP) is 0.825. The minimum absolute atomic E-state index is 0.0545. The fourth-order valence-corrected chi connectivity index (χ4v) is 4.85. The van der Waals surface area contributed by atoms with E-state index in [1.165, 1.54) is 11.1 Å². The molecule has 196 valence electrons. The molecular weight excluding hydrogens is 478 g/mol. The highest BCUT2D eigenvalue weighted by molar-refractivity contribution is 7.90. The number of nitrogens with zero attached hydrogens (tertiary/aromatic N) is 2. The van der Waals surface area contributed by atoms with E-state index >= 15 is 0 Å². The normalized spacial score (nSPS) is 17.3. The Labute approximate surface area is 206 Å². The van der Waals surface area contributed by atoms with Crippen LogP contribution in [-0.2, 0) is 40.3 Å². The number of aryl methyl sites for hydroxylation is 1. The molecule has 12 heteroatoms. The number of rotatable bonds is 10. The van der Waals surface area contributed by atoms with Gasteiger partial charge in [-0.3, -0.25) is 9.59 Å². The van der Waals surface area contributed by atoms with Crippen LogP contribution in [0.1, 0.15) is 59.6 Å². The number of carbonyl (C=O) groups excluding carboxylic acids is 3. The molecule has 0 aromatic carbocycles. The van der Waals surface area contributed by atoms with Crippen LogP contribution in [0.25, 0.3) is 0 Å². The van der Waals surface area contributed by atoms with Crippen LogP contribution >= 0.6 is 0 Å². The summed E-state index contributed by atoms with van der Waals surface area (Å²) in [5.41, 5.74) is -0.407. The van der Waals surface area contributed by atoms with Crippen molar-refractivity contribution in [3.8, 4) is 0 Å². The fourth-order valence-electron chi connectivity index (χ4n) is 3.74. The number of aromatic nitrogens is 1. The molecule has 0 spiro atoms. The summed E-state index contributed by atoms with van der Waals surface area (Å²) in [6, 6.07) is 2.64. The molecule has 1 aliphatic rings. The Morgan fingerprint density at radius 3 is 2.54 bits per heavy atom. The lowest BCUT2D eigenvalue weighted by Crippen LogP contribution is -2.53. The van der Waals surface area contributed by atoms with Gasteiger partial charge in [-0.05, 0) is 53.9 Å². The molecule has 1 N–H and O–H groups in total. The van der Waals surface area contributed by atoms with Crippen LogP contribution in [0.15, 0.2) is 24.4 Å². The van der Waals surface area contributed by atoms with Crippen molar-refractivity contribution < 1.29 is 37.0 Å². The number of hydrogen-bond acceptors (Lipinski definition) is 8. The Kier molecular flexibility index (Phi) is 9.61. The molecule has 2 rings (SSSR count). The maximum absolute atomic E-state index is 13.5. The summed E-state index contributed by atoms with van der Waals surface area (Å²) in [7, 11) is -4.25. The molecule has 35 heavy (non-hydrogen) atoms. The highest BCUT2D eigenvalue weighted by Gasteiger charge is 2.40. The third kappa shape index (κ3) is 9.10. The summed E-state index contributed by atoms with van der Waals surface area (Å²) >= 11 is 0. The molecule has 1 fully saturated rings. The van der Waals surface area contributed by atoms with E-state index in [2.05, 4.69) is 4.72 Å². The first kappa shape index (κ1) is 28.5. The number of carbonyl (C=O) groups is 3. The molecule has 1 aromatic heterocycles. The standard InChI is InChI=1S/C23H35N3O8S/c1-16(2)33-20(27)15-35(31,32)24-18(12-11-17-9-6-7-14-26(17)30)21(28)25-13-8-10-19(25)22(29)34-23(3,4)5/h6-7,9,14,16,18-19,24H,8,10-13,15H2,1-5H3/t18?,19-/m0/s1. The van der Waals surface area contributed by atoms with Gasteiger partial charge in [-0.15, -0.1) is 0 Å². The molecule has 2 atom stereocenters. The van der Waals surface area contributed by atoms with Crippen LogP contribution in [-0.4, -0.2) is 67.2 Å². The number of pyridine rings is 1. The van der Waals surface area contributed by atoms with E-state index in [1.54, 1.807) is 52.8 Å². The number of hydrogen-bond donors (Lipinski definition) is 1.